The number of H-pyrrole nitrogens is 2. The van der Waals surface area contributed by atoms with Gasteiger partial charge in [0.1, 0.15) is 10.3 Å². The van der Waals surface area contributed by atoms with Gasteiger partial charge in [0.05, 0.1) is 0 Å². The minimum Gasteiger partial charge on any atom is -0.310 e. The molecule has 0 bridgehead atoms. The summed E-state index contributed by atoms with van der Waals surface area (Å²) in [6.07, 6.45) is 0.0414. The third kappa shape index (κ3) is 2.38. The van der Waals surface area contributed by atoms with Crippen molar-refractivity contribution in [2.75, 3.05) is 0 Å². The van der Waals surface area contributed by atoms with Crippen LogP contribution in [0.5, 0.6) is 0 Å². The van der Waals surface area contributed by atoms with Crippen molar-refractivity contribution in [3.05, 3.63) is 31.0 Å². The average Bonchev–Trinajstić information content (AvgIpc) is 1.98. The molecular weight excluding hydrogens is 240 g/mol. The largest absolute Gasteiger partial charge is 0.325 e. The van der Waals surface area contributed by atoms with E-state index < -0.39 is 11.2 Å². The van der Waals surface area contributed by atoms with Gasteiger partial charge in [-0.1, -0.05) is 0 Å². The van der Waals surface area contributed by atoms with Crippen LogP contribution in [0.15, 0.2) is 14.1 Å². The smallest absolute Gasteiger partial charge is 0.310 e. The minimum absolute atomic E-state index is 0.0414. The molecule has 0 aliphatic heterocycles. The fourth-order valence-corrected chi connectivity index (χ4v) is 1.23. The van der Waals surface area contributed by atoms with Gasteiger partial charge in [-0.3, -0.25) is 14.6 Å². The molecule has 0 fully saturated rings. The topological polar surface area (TPSA) is 82.8 Å². The van der Waals surface area contributed by atoms with Crippen LogP contribution in [-0.2, 0) is 11.2 Å². The standard InChI is InChI=1S/C7H7BrN2O3/c1-3(11)2-4-5(8)6(12)10-7(13)9-4/h2H2,1H3,(H2,9,10,12,13). The highest BCUT2D eigenvalue weighted by Crippen LogP contribution is 2.06. The normalized spacial score (nSPS) is 10.0. The highest BCUT2D eigenvalue weighted by Gasteiger charge is 2.07. The summed E-state index contributed by atoms with van der Waals surface area (Å²) in [6.45, 7) is 1.38. The maximum absolute atomic E-state index is 11.0. The number of halogens is 1. The molecule has 0 atom stereocenters. The summed E-state index contributed by atoms with van der Waals surface area (Å²) in [5.41, 5.74) is -0.828. The van der Waals surface area contributed by atoms with Crippen molar-refractivity contribution < 1.29 is 4.79 Å². The lowest BCUT2D eigenvalue weighted by Crippen LogP contribution is -2.25. The first-order valence-corrected chi connectivity index (χ1v) is 4.30. The number of hydrogen-bond acceptors (Lipinski definition) is 3. The molecule has 13 heavy (non-hydrogen) atoms. The number of ketones is 1. The molecule has 0 aliphatic carbocycles. The Morgan fingerprint density at radius 3 is 2.54 bits per heavy atom. The number of Topliss-reactive ketones (excluding diaryl/α,β-unsaturated/α-hetero) is 1. The van der Waals surface area contributed by atoms with Crippen LogP contribution >= 0.6 is 15.9 Å². The Hall–Kier alpha value is -1.17. The Bertz CT molecular complexity index is 446. The molecule has 0 aromatic carbocycles. The Morgan fingerprint density at radius 2 is 2.00 bits per heavy atom. The van der Waals surface area contributed by atoms with E-state index in [1.54, 1.807) is 0 Å². The second kappa shape index (κ2) is 3.69. The average molecular weight is 247 g/mol. The van der Waals surface area contributed by atoms with Gasteiger partial charge in [-0.05, 0) is 22.9 Å². The Balaban J connectivity index is 3.28. The molecule has 1 aromatic heterocycles. The monoisotopic (exact) mass is 246 g/mol. The van der Waals surface area contributed by atoms with E-state index in [9.17, 15) is 14.4 Å². The molecule has 1 aromatic rings. The number of rotatable bonds is 2. The summed E-state index contributed by atoms with van der Waals surface area (Å²) < 4.78 is 0.197. The van der Waals surface area contributed by atoms with E-state index in [1.807, 2.05) is 4.98 Å². The van der Waals surface area contributed by atoms with E-state index in [0.29, 0.717) is 5.69 Å². The van der Waals surface area contributed by atoms with Gasteiger partial charge in [-0.2, -0.15) is 0 Å². The van der Waals surface area contributed by atoms with Crippen LogP contribution in [0.25, 0.3) is 0 Å². The maximum Gasteiger partial charge on any atom is 0.325 e. The lowest BCUT2D eigenvalue weighted by molar-refractivity contribution is -0.116. The van der Waals surface area contributed by atoms with Gasteiger partial charge in [0, 0.05) is 12.1 Å². The lowest BCUT2D eigenvalue weighted by atomic mass is 10.2. The zero-order valence-corrected chi connectivity index (χ0v) is 8.40. The van der Waals surface area contributed by atoms with Crippen molar-refractivity contribution in [2.45, 2.75) is 13.3 Å². The predicted molar refractivity (Wildman–Crippen MR) is 49.8 cm³/mol. The van der Waals surface area contributed by atoms with Gasteiger partial charge in [0.25, 0.3) is 5.56 Å². The van der Waals surface area contributed by atoms with Crippen molar-refractivity contribution in [1.29, 1.82) is 0 Å². The minimum atomic E-state index is -0.607. The van der Waals surface area contributed by atoms with E-state index in [-0.39, 0.29) is 16.7 Å². The number of aromatic amines is 2. The van der Waals surface area contributed by atoms with Gasteiger partial charge >= 0.3 is 5.69 Å². The lowest BCUT2D eigenvalue weighted by Gasteiger charge is -1.98. The number of carbonyl (C=O) groups excluding carboxylic acids is 1. The molecule has 0 aliphatic rings. The molecule has 6 heteroatoms. The van der Waals surface area contributed by atoms with Crippen molar-refractivity contribution in [3.63, 3.8) is 0 Å². The first-order chi connectivity index (χ1) is 6.00. The van der Waals surface area contributed by atoms with Gasteiger partial charge in [-0.15, -0.1) is 0 Å². The summed E-state index contributed by atoms with van der Waals surface area (Å²) in [6, 6.07) is 0. The van der Waals surface area contributed by atoms with Gasteiger partial charge in [0.2, 0.25) is 0 Å². The van der Waals surface area contributed by atoms with Crippen molar-refractivity contribution in [2.24, 2.45) is 0 Å². The summed E-state index contributed by atoms with van der Waals surface area (Å²) in [5, 5.41) is 0. The van der Waals surface area contributed by atoms with Crippen LogP contribution in [0.3, 0.4) is 0 Å². The van der Waals surface area contributed by atoms with Gasteiger partial charge in [-0.25, -0.2) is 4.79 Å². The predicted octanol–water partition coefficient (Wildman–Crippen LogP) is -0.0428. The summed E-state index contributed by atoms with van der Waals surface area (Å²) in [4.78, 5) is 36.9. The van der Waals surface area contributed by atoms with Crippen LogP contribution in [0.4, 0.5) is 0 Å². The van der Waals surface area contributed by atoms with Crippen LogP contribution in [0.2, 0.25) is 0 Å². The molecule has 0 radical (unpaired) electrons. The Labute approximate surface area is 81.3 Å². The molecule has 0 saturated heterocycles. The molecule has 2 N–H and O–H groups in total. The fourth-order valence-electron chi connectivity index (χ4n) is 0.889. The Kier molecular flexibility index (Phi) is 2.82. The molecule has 0 saturated carbocycles. The van der Waals surface area contributed by atoms with Gasteiger partial charge in [0.15, 0.2) is 0 Å². The van der Waals surface area contributed by atoms with Crippen molar-refractivity contribution >= 4 is 21.7 Å². The third-order valence-corrected chi connectivity index (χ3v) is 2.22. The van der Waals surface area contributed by atoms with Crippen LogP contribution in [0.1, 0.15) is 12.6 Å². The van der Waals surface area contributed by atoms with Crippen LogP contribution < -0.4 is 11.2 Å². The number of nitrogens with one attached hydrogen (secondary N) is 2. The number of hydrogen-bond donors (Lipinski definition) is 2. The van der Waals surface area contributed by atoms with E-state index >= 15 is 0 Å². The Morgan fingerprint density at radius 1 is 1.38 bits per heavy atom. The molecule has 0 spiro atoms. The molecule has 1 heterocycles. The van der Waals surface area contributed by atoms with E-state index in [1.165, 1.54) is 6.92 Å². The molecular formula is C7H7BrN2O3. The first-order valence-electron chi connectivity index (χ1n) is 3.51. The highest BCUT2D eigenvalue weighted by atomic mass is 79.9. The summed E-state index contributed by atoms with van der Waals surface area (Å²) in [7, 11) is 0. The van der Waals surface area contributed by atoms with E-state index in [4.69, 9.17) is 0 Å². The molecule has 0 unspecified atom stereocenters. The van der Waals surface area contributed by atoms with Crippen LogP contribution in [0, 0.1) is 0 Å². The van der Waals surface area contributed by atoms with Crippen LogP contribution in [-0.4, -0.2) is 15.8 Å². The summed E-state index contributed by atoms with van der Waals surface area (Å²) >= 11 is 2.98. The molecule has 0 amide bonds. The quantitative estimate of drug-likeness (QED) is 0.768. The third-order valence-electron chi connectivity index (χ3n) is 1.38. The number of carbonyl (C=O) groups is 1. The first kappa shape index (κ1) is 9.91. The second-order valence-corrected chi connectivity index (χ2v) is 3.37. The molecule has 5 nitrogen and oxygen atoms in total. The second-order valence-electron chi connectivity index (χ2n) is 2.58. The SMILES string of the molecule is CC(=O)Cc1[nH]c(=O)[nH]c(=O)c1Br. The summed E-state index contributed by atoms with van der Waals surface area (Å²) in [5.74, 6) is -0.123. The van der Waals surface area contributed by atoms with Crippen molar-refractivity contribution in [1.82, 2.24) is 9.97 Å². The number of aromatic nitrogens is 2. The van der Waals surface area contributed by atoms with Gasteiger partial charge < -0.3 is 4.98 Å². The zero-order chi connectivity index (χ0) is 10.0. The highest BCUT2D eigenvalue weighted by molar-refractivity contribution is 9.10. The maximum atomic E-state index is 11.0. The molecule has 70 valence electrons. The molecule has 1 rings (SSSR count). The van der Waals surface area contributed by atoms with Crippen molar-refractivity contribution in [3.8, 4) is 0 Å². The van der Waals surface area contributed by atoms with E-state index in [0.717, 1.165) is 0 Å². The van der Waals surface area contributed by atoms with E-state index in [2.05, 4.69) is 20.9 Å². The fraction of sp³-hybridized carbons (Fsp3) is 0.286. The zero-order valence-electron chi connectivity index (χ0n) is 6.81.